The first-order chi connectivity index (χ1) is 10.9. The van der Waals surface area contributed by atoms with E-state index in [-0.39, 0.29) is 12.0 Å². The number of carboxylic acid groups (broad SMARTS) is 1. The first kappa shape index (κ1) is 18.8. The second kappa shape index (κ2) is 9.70. The minimum atomic E-state index is -3.16. The topological polar surface area (TPSA) is 75.6 Å². The summed E-state index contributed by atoms with van der Waals surface area (Å²) in [4.78, 5) is 22.2. The van der Waals surface area contributed by atoms with Crippen molar-refractivity contribution in [1.82, 2.24) is 5.32 Å². The fraction of sp³-hybridized carbons (Fsp3) is 0.467. The summed E-state index contributed by atoms with van der Waals surface area (Å²) in [6, 6.07) is 2.79. The van der Waals surface area contributed by atoms with Crippen molar-refractivity contribution in [2.24, 2.45) is 0 Å². The van der Waals surface area contributed by atoms with E-state index in [0.29, 0.717) is 19.4 Å². The van der Waals surface area contributed by atoms with Gasteiger partial charge in [-0.2, -0.15) is 8.78 Å². The minimum Gasteiger partial charge on any atom is -0.481 e. The van der Waals surface area contributed by atoms with Crippen LogP contribution in [0.15, 0.2) is 18.2 Å². The van der Waals surface area contributed by atoms with Gasteiger partial charge in [0.2, 0.25) is 0 Å². The highest BCUT2D eigenvalue weighted by Crippen LogP contribution is 2.22. The van der Waals surface area contributed by atoms with Gasteiger partial charge in [-0.3, -0.25) is 9.59 Å². The average molecular weight is 333 g/mol. The van der Waals surface area contributed by atoms with E-state index in [1.807, 2.05) is 0 Å². The van der Waals surface area contributed by atoms with Crippen LogP contribution in [0.2, 0.25) is 0 Å². The number of carbonyl (C=O) groups is 2. The van der Waals surface area contributed by atoms with Crippen molar-refractivity contribution in [3.05, 3.63) is 29.6 Å². The molecule has 0 aromatic heterocycles. The second-order valence-corrected chi connectivity index (χ2v) is 4.83. The van der Waals surface area contributed by atoms with Gasteiger partial charge in [0.1, 0.15) is 11.6 Å². The number of ether oxygens (including phenoxy) is 1. The molecule has 8 heteroatoms. The summed E-state index contributed by atoms with van der Waals surface area (Å²) in [6.45, 7) is -2.85. The molecular formula is C15H18F3NO4. The first-order valence-electron chi connectivity index (χ1n) is 7.14. The number of rotatable bonds is 10. The molecule has 0 saturated carbocycles. The van der Waals surface area contributed by atoms with Crippen molar-refractivity contribution in [3.63, 3.8) is 0 Å². The number of benzene rings is 1. The summed E-state index contributed by atoms with van der Waals surface area (Å²) in [5.74, 6) is -2.78. The summed E-state index contributed by atoms with van der Waals surface area (Å²) in [7, 11) is 0. The molecule has 0 aliphatic rings. The fourth-order valence-corrected chi connectivity index (χ4v) is 1.93. The number of amides is 1. The van der Waals surface area contributed by atoms with Gasteiger partial charge in [-0.15, -0.1) is 0 Å². The van der Waals surface area contributed by atoms with Gasteiger partial charge in [0, 0.05) is 19.0 Å². The Bertz CT molecular complexity index is 537. The molecule has 0 heterocycles. The number of hydrogen-bond acceptors (Lipinski definition) is 3. The number of hydrogen-bond donors (Lipinski definition) is 2. The normalized spacial score (nSPS) is 10.6. The number of alkyl halides is 2. The number of carbonyl (C=O) groups excluding carboxylic acids is 1. The quantitative estimate of drug-likeness (QED) is 0.645. The lowest BCUT2D eigenvalue weighted by atomic mass is 10.1. The van der Waals surface area contributed by atoms with Gasteiger partial charge in [-0.05, 0) is 25.0 Å². The lowest BCUT2D eigenvalue weighted by Crippen LogP contribution is -2.25. The zero-order valence-corrected chi connectivity index (χ0v) is 12.4. The van der Waals surface area contributed by atoms with E-state index in [1.165, 1.54) is 0 Å². The molecule has 1 rings (SSSR count). The Balaban J connectivity index is 2.41. The summed E-state index contributed by atoms with van der Waals surface area (Å²) >= 11 is 0. The van der Waals surface area contributed by atoms with E-state index >= 15 is 0 Å². The van der Waals surface area contributed by atoms with Gasteiger partial charge in [-0.1, -0.05) is 12.8 Å². The number of aliphatic carboxylic acids is 1. The maximum absolute atomic E-state index is 13.0. The van der Waals surface area contributed by atoms with Crippen LogP contribution in [0.1, 0.15) is 42.5 Å². The molecule has 0 bridgehead atoms. The van der Waals surface area contributed by atoms with E-state index < -0.39 is 30.1 Å². The van der Waals surface area contributed by atoms with Gasteiger partial charge in [-0.25, -0.2) is 4.39 Å². The molecule has 1 aromatic rings. The Hall–Kier alpha value is -2.25. The molecule has 1 amide bonds. The third kappa shape index (κ3) is 7.53. The van der Waals surface area contributed by atoms with Crippen molar-refractivity contribution in [2.75, 3.05) is 6.54 Å². The number of halogens is 3. The summed E-state index contributed by atoms with van der Waals surface area (Å²) in [6.07, 6.45) is 2.75. The predicted molar refractivity (Wildman–Crippen MR) is 76.1 cm³/mol. The lowest BCUT2D eigenvalue weighted by Gasteiger charge is -2.11. The van der Waals surface area contributed by atoms with Gasteiger partial charge < -0.3 is 15.2 Å². The maximum Gasteiger partial charge on any atom is 0.387 e. The Labute approximate surface area is 131 Å². The summed E-state index contributed by atoms with van der Waals surface area (Å²) in [5, 5.41) is 11.0. The van der Waals surface area contributed by atoms with Gasteiger partial charge >= 0.3 is 12.6 Å². The zero-order chi connectivity index (χ0) is 17.2. The highest BCUT2D eigenvalue weighted by Gasteiger charge is 2.16. The van der Waals surface area contributed by atoms with Crippen LogP contribution in [0.4, 0.5) is 13.2 Å². The van der Waals surface area contributed by atoms with Crippen LogP contribution in [0, 0.1) is 5.82 Å². The van der Waals surface area contributed by atoms with Crippen molar-refractivity contribution in [3.8, 4) is 5.75 Å². The van der Waals surface area contributed by atoms with Crippen LogP contribution in [0.25, 0.3) is 0 Å². The van der Waals surface area contributed by atoms with Crippen molar-refractivity contribution < 1.29 is 32.6 Å². The number of unbranched alkanes of at least 4 members (excludes halogenated alkanes) is 3. The predicted octanol–water partition coefficient (Wildman–Crippen LogP) is 3.19. The Kier molecular flexibility index (Phi) is 7.93. The van der Waals surface area contributed by atoms with Gasteiger partial charge in [0.05, 0.1) is 5.56 Å². The van der Waals surface area contributed by atoms with Crippen molar-refractivity contribution in [1.29, 1.82) is 0 Å². The summed E-state index contributed by atoms with van der Waals surface area (Å²) < 4.78 is 41.7. The second-order valence-electron chi connectivity index (χ2n) is 4.83. The standard InChI is InChI=1S/C15H18F3NO4/c16-10-6-7-11(12(9-10)23-15(17)18)14(22)19-8-4-2-1-3-5-13(20)21/h6-7,9,15H,1-5,8H2,(H,19,22)(H,20,21). The van der Waals surface area contributed by atoms with Crippen molar-refractivity contribution in [2.45, 2.75) is 38.7 Å². The number of carboxylic acids is 1. The van der Waals surface area contributed by atoms with E-state index in [2.05, 4.69) is 10.1 Å². The molecule has 2 N–H and O–H groups in total. The molecule has 23 heavy (non-hydrogen) atoms. The molecule has 1 aromatic carbocycles. The van der Waals surface area contributed by atoms with E-state index in [1.54, 1.807) is 0 Å². The zero-order valence-electron chi connectivity index (χ0n) is 12.4. The molecule has 0 spiro atoms. The Morgan fingerprint density at radius 3 is 2.52 bits per heavy atom. The van der Waals surface area contributed by atoms with Crippen LogP contribution < -0.4 is 10.1 Å². The van der Waals surface area contributed by atoms with Gasteiger partial charge in [0.15, 0.2) is 0 Å². The third-order valence-corrected chi connectivity index (χ3v) is 3.01. The largest absolute Gasteiger partial charge is 0.481 e. The van der Waals surface area contributed by atoms with Crippen molar-refractivity contribution >= 4 is 11.9 Å². The van der Waals surface area contributed by atoms with Crippen LogP contribution >= 0.6 is 0 Å². The van der Waals surface area contributed by atoms with Gasteiger partial charge in [0.25, 0.3) is 5.91 Å². The molecule has 0 saturated heterocycles. The van der Waals surface area contributed by atoms with E-state index in [4.69, 9.17) is 5.11 Å². The van der Waals surface area contributed by atoms with Crippen LogP contribution in [-0.2, 0) is 4.79 Å². The Morgan fingerprint density at radius 1 is 1.17 bits per heavy atom. The molecular weight excluding hydrogens is 315 g/mol. The third-order valence-electron chi connectivity index (χ3n) is 3.01. The SMILES string of the molecule is O=C(O)CCCCCCNC(=O)c1ccc(F)cc1OC(F)F. The summed E-state index contributed by atoms with van der Waals surface area (Å²) in [5.41, 5.74) is -0.169. The van der Waals surface area contributed by atoms with Crippen LogP contribution in [-0.4, -0.2) is 30.1 Å². The van der Waals surface area contributed by atoms with E-state index in [0.717, 1.165) is 31.0 Å². The fourth-order valence-electron chi connectivity index (χ4n) is 1.93. The Morgan fingerprint density at radius 2 is 1.87 bits per heavy atom. The molecule has 0 atom stereocenters. The molecule has 5 nitrogen and oxygen atoms in total. The molecule has 128 valence electrons. The molecule has 0 aliphatic heterocycles. The molecule has 0 fully saturated rings. The number of nitrogens with one attached hydrogen (secondary N) is 1. The van der Waals surface area contributed by atoms with Crippen LogP contribution in [0.3, 0.4) is 0 Å². The molecule has 0 radical (unpaired) electrons. The monoisotopic (exact) mass is 333 g/mol. The molecule has 0 aliphatic carbocycles. The first-order valence-corrected chi connectivity index (χ1v) is 7.14. The highest BCUT2D eigenvalue weighted by molar-refractivity contribution is 5.96. The van der Waals surface area contributed by atoms with Crippen LogP contribution in [0.5, 0.6) is 5.75 Å². The minimum absolute atomic E-state index is 0.107. The average Bonchev–Trinajstić information content (AvgIpc) is 2.45. The lowest BCUT2D eigenvalue weighted by molar-refractivity contribution is -0.137. The maximum atomic E-state index is 13.0. The smallest absolute Gasteiger partial charge is 0.387 e. The molecule has 0 unspecified atom stereocenters. The van der Waals surface area contributed by atoms with E-state index in [9.17, 15) is 22.8 Å². The highest BCUT2D eigenvalue weighted by atomic mass is 19.3.